The molecule has 0 saturated carbocycles. The Morgan fingerprint density at radius 2 is 1.96 bits per heavy atom. The van der Waals surface area contributed by atoms with Gasteiger partial charge in [-0.25, -0.2) is 12.7 Å². The summed E-state index contributed by atoms with van der Waals surface area (Å²) in [4.78, 5) is 24.9. The van der Waals surface area contributed by atoms with Crippen molar-refractivity contribution in [2.45, 2.75) is 12.7 Å². The second kappa shape index (κ2) is 6.26. The summed E-state index contributed by atoms with van der Waals surface area (Å²) in [7, 11) is -3.70. The van der Waals surface area contributed by atoms with Crippen LogP contribution in [0.4, 0.5) is 0 Å². The van der Waals surface area contributed by atoms with Gasteiger partial charge in [-0.2, -0.15) is 0 Å². The summed E-state index contributed by atoms with van der Waals surface area (Å²) in [6, 6.07) is 6.68. The van der Waals surface area contributed by atoms with Crippen LogP contribution in [0.3, 0.4) is 0 Å². The van der Waals surface area contributed by atoms with Crippen molar-refractivity contribution in [3.05, 3.63) is 34.9 Å². The topological polar surface area (TPSA) is 95.0 Å². The molecule has 2 saturated heterocycles. The van der Waals surface area contributed by atoms with Gasteiger partial charge in [-0.15, -0.1) is 0 Å². The van der Waals surface area contributed by atoms with Crippen LogP contribution in [0.5, 0.6) is 0 Å². The summed E-state index contributed by atoms with van der Waals surface area (Å²) in [6.45, 7) is 1.68. The predicted molar refractivity (Wildman–Crippen MR) is 91.5 cm³/mol. The number of amides is 1. The number of sulfonamides is 1. The molecule has 1 aromatic rings. The van der Waals surface area contributed by atoms with Crippen LogP contribution >= 0.6 is 11.6 Å². The smallest absolute Gasteiger partial charge is 0.313 e. The number of rotatable bonds is 4. The molecule has 2 heterocycles. The first-order valence-electron chi connectivity index (χ1n) is 7.86. The van der Waals surface area contributed by atoms with Crippen molar-refractivity contribution in [3.63, 3.8) is 0 Å². The first-order chi connectivity index (χ1) is 11.7. The van der Waals surface area contributed by atoms with Crippen LogP contribution in [0.1, 0.15) is 12.5 Å². The molecule has 2 aliphatic heterocycles. The molecule has 0 radical (unpaired) electrons. The highest BCUT2D eigenvalue weighted by molar-refractivity contribution is 7.88. The maximum atomic E-state index is 12.8. The highest BCUT2D eigenvalue weighted by Crippen LogP contribution is 2.44. The average molecular weight is 387 g/mol. The molecule has 0 spiro atoms. The maximum absolute atomic E-state index is 12.8. The summed E-state index contributed by atoms with van der Waals surface area (Å²) in [6.07, 6.45) is 0. The highest BCUT2D eigenvalue weighted by atomic mass is 35.5. The van der Waals surface area contributed by atoms with Crippen molar-refractivity contribution in [1.29, 1.82) is 0 Å². The van der Waals surface area contributed by atoms with E-state index in [9.17, 15) is 23.1 Å². The van der Waals surface area contributed by atoms with E-state index in [1.807, 2.05) is 0 Å². The molecule has 1 aromatic carbocycles. The quantitative estimate of drug-likeness (QED) is 0.834. The van der Waals surface area contributed by atoms with Crippen molar-refractivity contribution in [1.82, 2.24) is 9.21 Å². The van der Waals surface area contributed by atoms with E-state index < -0.39 is 27.3 Å². The molecule has 1 amide bonds. The third-order valence-electron chi connectivity index (χ3n) is 5.14. The largest absolute Gasteiger partial charge is 0.481 e. The Hall–Kier alpha value is -1.64. The molecule has 0 bridgehead atoms. The summed E-state index contributed by atoms with van der Waals surface area (Å²) in [5.41, 5.74) is -0.755. The summed E-state index contributed by atoms with van der Waals surface area (Å²) in [5.74, 6) is -1.93. The predicted octanol–water partition coefficient (Wildman–Crippen LogP) is 1.03. The third kappa shape index (κ3) is 3.14. The van der Waals surface area contributed by atoms with Gasteiger partial charge in [-0.05, 0) is 11.6 Å². The van der Waals surface area contributed by atoms with Crippen LogP contribution in [0.15, 0.2) is 24.3 Å². The number of nitrogens with zero attached hydrogens (tertiary/aromatic N) is 2. The Bertz CT molecular complexity index is 828. The van der Waals surface area contributed by atoms with E-state index in [1.54, 1.807) is 24.3 Å². The van der Waals surface area contributed by atoms with E-state index in [-0.39, 0.29) is 37.8 Å². The van der Waals surface area contributed by atoms with Crippen LogP contribution in [-0.4, -0.2) is 60.8 Å². The number of carboxylic acids is 1. The Morgan fingerprint density at radius 1 is 1.28 bits per heavy atom. The SMILES string of the molecule is CC(=O)N1C[C@H]2CN(S(=O)(=O)Cc3ccccc3Cl)C[C@@]2(C(=O)O)C1. The number of fused-ring (bicyclic) bond motifs is 1. The fraction of sp³-hybridized carbons (Fsp3) is 0.500. The van der Waals surface area contributed by atoms with E-state index in [1.165, 1.54) is 16.1 Å². The fourth-order valence-corrected chi connectivity index (χ4v) is 5.62. The minimum atomic E-state index is -3.70. The highest BCUT2D eigenvalue weighted by Gasteiger charge is 2.60. The Labute approximate surface area is 151 Å². The maximum Gasteiger partial charge on any atom is 0.313 e. The van der Waals surface area contributed by atoms with Crippen molar-refractivity contribution in [3.8, 4) is 0 Å². The van der Waals surface area contributed by atoms with E-state index in [0.717, 1.165) is 0 Å². The van der Waals surface area contributed by atoms with E-state index >= 15 is 0 Å². The van der Waals surface area contributed by atoms with Gasteiger partial charge in [0, 0.05) is 44.0 Å². The van der Waals surface area contributed by atoms with Gasteiger partial charge in [0.15, 0.2) is 0 Å². The number of carbonyl (C=O) groups is 2. The standard InChI is InChI=1S/C16H19ClN2O5S/c1-11(20)18-6-13-7-19(10-16(13,9-18)15(21)22)25(23,24)8-12-4-2-3-5-14(12)17/h2-5,13H,6-10H2,1H3,(H,21,22)/t13-,16-/m0/s1. The summed E-state index contributed by atoms with van der Waals surface area (Å²) < 4.78 is 26.7. The van der Waals surface area contributed by atoms with Crippen LogP contribution in [0, 0.1) is 11.3 Å². The molecule has 2 atom stereocenters. The number of likely N-dealkylation sites (tertiary alicyclic amines) is 1. The minimum Gasteiger partial charge on any atom is -0.481 e. The average Bonchev–Trinajstić information content (AvgIpc) is 3.05. The summed E-state index contributed by atoms with van der Waals surface area (Å²) in [5, 5.41) is 10.1. The van der Waals surface area contributed by atoms with Crippen LogP contribution < -0.4 is 0 Å². The number of aliphatic carboxylic acids is 1. The molecular weight excluding hydrogens is 368 g/mol. The van der Waals surface area contributed by atoms with Gasteiger partial charge in [-0.1, -0.05) is 29.8 Å². The molecule has 0 aliphatic carbocycles. The van der Waals surface area contributed by atoms with Crippen molar-refractivity contribution in [2.75, 3.05) is 26.2 Å². The Balaban J connectivity index is 1.83. The number of carbonyl (C=O) groups excluding carboxylic acids is 1. The molecule has 0 aromatic heterocycles. The fourth-order valence-electron chi connectivity index (χ4n) is 3.68. The molecule has 136 valence electrons. The molecule has 2 aliphatic rings. The molecule has 1 N–H and O–H groups in total. The van der Waals surface area contributed by atoms with E-state index in [4.69, 9.17) is 11.6 Å². The zero-order chi connectivity index (χ0) is 18.4. The van der Waals surface area contributed by atoms with Crippen LogP contribution in [-0.2, 0) is 25.4 Å². The monoisotopic (exact) mass is 386 g/mol. The van der Waals surface area contributed by atoms with Crippen molar-refractivity contribution in [2.24, 2.45) is 11.3 Å². The van der Waals surface area contributed by atoms with Gasteiger partial charge < -0.3 is 10.0 Å². The van der Waals surface area contributed by atoms with Gasteiger partial charge in [0.05, 0.1) is 5.75 Å². The molecular formula is C16H19ClN2O5S. The minimum absolute atomic E-state index is 0.0421. The summed E-state index contributed by atoms with van der Waals surface area (Å²) >= 11 is 6.04. The lowest BCUT2D eigenvalue weighted by atomic mass is 9.81. The first-order valence-corrected chi connectivity index (χ1v) is 9.84. The number of halogens is 1. The van der Waals surface area contributed by atoms with Crippen LogP contribution in [0.2, 0.25) is 5.02 Å². The van der Waals surface area contributed by atoms with Gasteiger partial charge >= 0.3 is 5.97 Å². The molecule has 25 heavy (non-hydrogen) atoms. The lowest BCUT2D eigenvalue weighted by Crippen LogP contribution is -2.42. The van der Waals surface area contributed by atoms with E-state index in [0.29, 0.717) is 10.6 Å². The van der Waals surface area contributed by atoms with E-state index in [2.05, 4.69) is 0 Å². The number of carboxylic acid groups (broad SMARTS) is 1. The zero-order valence-corrected chi connectivity index (χ0v) is 15.3. The van der Waals surface area contributed by atoms with Gasteiger partial charge in [0.25, 0.3) is 0 Å². The number of benzene rings is 1. The normalized spacial score (nSPS) is 26.6. The number of hydrogen-bond donors (Lipinski definition) is 1. The lowest BCUT2D eigenvalue weighted by molar-refractivity contribution is -0.148. The number of hydrogen-bond acceptors (Lipinski definition) is 4. The van der Waals surface area contributed by atoms with Gasteiger partial charge in [0.2, 0.25) is 15.9 Å². The second-order valence-electron chi connectivity index (χ2n) is 6.70. The van der Waals surface area contributed by atoms with Crippen LogP contribution in [0.25, 0.3) is 0 Å². The van der Waals surface area contributed by atoms with Gasteiger partial charge in [-0.3, -0.25) is 9.59 Å². The second-order valence-corrected chi connectivity index (χ2v) is 9.07. The van der Waals surface area contributed by atoms with Crippen molar-refractivity contribution >= 4 is 33.5 Å². The lowest BCUT2D eigenvalue weighted by Gasteiger charge is -2.24. The molecule has 2 fully saturated rings. The first kappa shape index (κ1) is 18.2. The zero-order valence-electron chi connectivity index (χ0n) is 13.7. The molecule has 0 unspecified atom stereocenters. The Kier molecular flexibility index (Phi) is 4.55. The van der Waals surface area contributed by atoms with Gasteiger partial charge in [0.1, 0.15) is 5.41 Å². The Morgan fingerprint density at radius 3 is 2.52 bits per heavy atom. The third-order valence-corrected chi connectivity index (χ3v) is 7.25. The molecule has 3 rings (SSSR count). The molecule has 9 heteroatoms. The van der Waals surface area contributed by atoms with Crippen molar-refractivity contribution < 1.29 is 23.1 Å². The molecule has 7 nitrogen and oxygen atoms in total.